The number of ether oxygens (including phenoxy) is 1. The summed E-state index contributed by atoms with van der Waals surface area (Å²) in [4.78, 5) is 48.1. The van der Waals surface area contributed by atoms with Crippen molar-refractivity contribution in [3.63, 3.8) is 0 Å². The largest absolute Gasteiger partial charge is 0.481 e. The number of nitrogens with one attached hydrogen (secondary N) is 1. The third kappa shape index (κ3) is 4.31. The highest BCUT2D eigenvalue weighted by Crippen LogP contribution is 2.57. The van der Waals surface area contributed by atoms with Crippen LogP contribution in [0, 0.1) is 0 Å². The van der Waals surface area contributed by atoms with E-state index in [2.05, 4.69) is 23.8 Å². The van der Waals surface area contributed by atoms with Crippen LogP contribution in [0.25, 0.3) is 11.2 Å². The standard InChI is InChI=1S/C10H15N5O11P2/c11-10-13-7-4(8(18)14-10)12-2-15(7)9-6(17)5(16)3(25-9)1-24-28(22,23)26-27(19,20)21/h2-3,5-6,9,16-17H,1H2,(H,22,23)(H2,19,20,21)(H3,11,13,14,18)/t3-,5+,6?,9-/m1/s1. The molecule has 18 heteroatoms. The Hall–Kier alpha value is -1.71. The predicted octanol–water partition coefficient (Wildman–Crippen LogP) is -2.45. The average Bonchev–Trinajstić information content (AvgIpc) is 3.06. The summed E-state index contributed by atoms with van der Waals surface area (Å²) in [6.45, 7) is -0.870. The van der Waals surface area contributed by atoms with Gasteiger partial charge in [-0.25, -0.2) is 14.1 Å². The van der Waals surface area contributed by atoms with E-state index < -0.39 is 52.4 Å². The average molecular weight is 443 g/mol. The Kier molecular flexibility index (Phi) is 5.46. The molecular formula is C10H15N5O11P2. The first-order valence-corrected chi connectivity index (χ1v) is 10.4. The van der Waals surface area contributed by atoms with Gasteiger partial charge in [0, 0.05) is 0 Å². The Labute approximate surface area is 154 Å². The van der Waals surface area contributed by atoms with Gasteiger partial charge in [-0.15, -0.1) is 0 Å². The molecule has 3 rings (SSSR count). The van der Waals surface area contributed by atoms with Gasteiger partial charge in [0.25, 0.3) is 5.56 Å². The Balaban J connectivity index is 1.79. The molecule has 0 amide bonds. The lowest BCUT2D eigenvalue weighted by atomic mass is 10.1. The lowest BCUT2D eigenvalue weighted by Gasteiger charge is -2.17. The van der Waals surface area contributed by atoms with Crippen LogP contribution in [-0.4, -0.2) is 69.3 Å². The zero-order valence-electron chi connectivity index (χ0n) is 13.6. The molecule has 0 aliphatic carbocycles. The van der Waals surface area contributed by atoms with Gasteiger partial charge >= 0.3 is 15.6 Å². The van der Waals surface area contributed by atoms with Crippen LogP contribution in [0.5, 0.6) is 0 Å². The van der Waals surface area contributed by atoms with Gasteiger partial charge in [0.2, 0.25) is 5.95 Å². The van der Waals surface area contributed by atoms with Gasteiger partial charge in [0.05, 0.1) is 12.9 Å². The number of phosphoric ester groups is 1. The van der Waals surface area contributed by atoms with E-state index >= 15 is 0 Å². The minimum Gasteiger partial charge on any atom is -0.387 e. The fourth-order valence-corrected chi connectivity index (χ4v) is 4.15. The third-order valence-electron chi connectivity index (χ3n) is 3.67. The van der Waals surface area contributed by atoms with E-state index in [1.165, 1.54) is 0 Å². The molecule has 0 saturated carbocycles. The highest BCUT2D eigenvalue weighted by atomic mass is 31.3. The molecule has 1 fully saturated rings. The van der Waals surface area contributed by atoms with Crippen LogP contribution < -0.4 is 11.3 Å². The number of hydrogen-bond acceptors (Lipinski definition) is 11. The van der Waals surface area contributed by atoms with E-state index in [1.807, 2.05) is 0 Å². The van der Waals surface area contributed by atoms with Crippen molar-refractivity contribution in [3.05, 3.63) is 16.7 Å². The van der Waals surface area contributed by atoms with E-state index in [-0.39, 0.29) is 17.1 Å². The number of nitrogens with two attached hydrogens (primary N) is 1. The number of nitrogen functional groups attached to an aromatic ring is 1. The molecule has 28 heavy (non-hydrogen) atoms. The van der Waals surface area contributed by atoms with Crippen molar-refractivity contribution >= 4 is 32.8 Å². The zero-order chi connectivity index (χ0) is 20.9. The summed E-state index contributed by atoms with van der Waals surface area (Å²) in [5.74, 6) is -0.233. The number of aliphatic hydroxyl groups is 2. The first-order valence-electron chi connectivity index (χ1n) is 7.36. The SMILES string of the molecule is Nc1nc2c(ncn2[C@@H]2O[C@H](COP(=O)(O)OP(=O)(O)O)[C@H](O)C2O)c(=O)[nH]1. The fraction of sp³-hybridized carbons (Fsp3) is 0.500. The lowest BCUT2D eigenvalue weighted by Crippen LogP contribution is -2.33. The summed E-state index contributed by atoms with van der Waals surface area (Å²) in [6, 6.07) is 0. The number of H-pyrrole nitrogens is 1. The van der Waals surface area contributed by atoms with E-state index in [1.54, 1.807) is 0 Å². The Morgan fingerprint density at radius 3 is 2.61 bits per heavy atom. The van der Waals surface area contributed by atoms with Crippen molar-refractivity contribution < 1.29 is 47.6 Å². The monoisotopic (exact) mass is 443 g/mol. The number of aromatic nitrogens is 4. The van der Waals surface area contributed by atoms with Crippen LogP contribution in [-0.2, 0) is 22.7 Å². The number of aliphatic hydroxyl groups excluding tert-OH is 2. The molecule has 5 atom stereocenters. The van der Waals surface area contributed by atoms with Gasteiger partial charge in [-0.3, -0.25) is 18.9 Å². The highest BCUT2D eigenvalue weighted by Gasteiger charge is 2.46. The number of aromatic amines is 1. The first-order chi connectivity index (χ1) is 12.9. The molecule has 0 bridgehead atoms. The number of fused-ring (bicyclic) bond motifs is 1. The second-order valence-electron chi connectivity index (χ2n) is 5.66. The first kappa shape index (κ1) is 21.0. The van der Waals surface area contributed by atoms with Crippen molar-refractivity contribution in [3.8, 4) is 0 Å². The second-order valence-corrected chi connectivity index (χ2v) is 8.49. The van der Waals surface area contributed by atoms with E-state index in [4.69, 9.17) is 20.3 Å². The van der Waals surface area contributed by atoms with E-state index in [0.29, 0.717) is 0 Å². The van der Waals surface area contributed by atoms with Gasteiger partial charge in [0.15, 0.2) is 17.4 Å². The molecule has 2 unspecified atom stereocenters. The van der Waals surface area contributed by atoms with Crippen LogP contribution in [0.15, 0.2) is 11.1 Å². The van der Waals surface area contributed by atoms with Gasteiger partial charge in [-0.1, -0.05) is 0 Å². The summed E-state index contributed by atoms with van der Waals surface area (Å²) in [7, 11) is -10.5. The molecule has 3 heterocycles. The fourth-order valence-electron chi connectivity index (χ4n) is 2.55. The van der Waals surface area contributed by atoms with Gasteiger partial charge in [0.1, 0.15) is 18.3 Å². The number of imidazole rings is 1. The molecule has 0 aromatic carbocycles. The quantitative estimate of drug-likeness (QED) is 0.229. The minimum atomic E-state index is -5.32. The highest BCUT2D eigenvalue weighted by molar-refractivity contribution is 7.60. The molecule has 16 nitrogen and oxygen atoms in total. The number of nitrogens with zero attached hydrogens (tertiary/aromatic N) is 3. The zero-order valence-corrected chi connectivity index (χ0v) is 15.4. The maximum atomic E-state index is 11.8. The smallest absolute Gasteiger partial charge is 0.387 e. The van der Waals surface area contributed by atoms with Gasteiger partial charge in [-0.2, -0.15) is 9.29 Å². The number of anilines is 1. The Bertz CT molecular complexity index is 1030. The molecule has 8 N–H and O–H groups in total. The predicted molar refractivity (Wildman–Crippen MR) is 87.4 cm³/mol. The molecule has 2 aromatic heterocycles. The van der Waals surface area contributed by atoms with Gasteiger partial charge in [-0.05, 0) is 0 Å². The van der Waals surface area contributed by atoms with Crippen LogP contribution in [0.4, 0.5) is 5.95 Å². The maximum absolute atomic E-state index is 11.8. The molecule has 2 aromatic rings. The maximum Gasteiger partial charge on any atom is 0.481 e. The Morgan fingerprint density at radius 1 is 1.29 bits per heavy atom. The summed E-state index contributed by atoms with van der Waals surface area (Å²) in [6.07, 6.45) is -4.88. The van der Waals surface area contributed by atoms with Crippen LogP contribution >= 0.6 is 15.6 Å². The number of hydrogen-bond donors (Lipinski definition) is 7. The summed E-state index contributed by atoms with van der Waals surface area (Å²) in [5, 5.41) is 20.3. The van der Waals surface area contributed by atoms with Crippen LogP contribution in [0.3, 0.4) is 0 Å². The van der Waals surface area contributed by atoms with E-state index in [0.717, 1.165) is 10.9 Å². The molecular weight excluding hydrogens is 428 g/mol. The lowest BCUT2D eigenvalue weighted by molar-refractivity contribution is -0.0503. The van der Waals surface area contributed by atoms with E-state index in [9.17, 15) is 29.0 Å². The topological polar surface area (TPSA) is 253 Å². The van der Waals surface area contributed by atoms with Crippen molar-refractivity contribution in [2.75, 3.05) is 12.3 Å². The van der Waals surface area contributed by atoms with Crippen LogP contribution in [0.1, 0.15) is 6.23 Å². The van der Waals surface area contributed by atoms with Crippen molar-refractivity contribution in [2.45, 2.75) is 24.5 Å². The van der Waals surface area contributed by atoms with Crippen LogP contribution in [0.2, 0.25) is 0 Å². The summed E-state index contributed by atoms with van der Waals surface area (Å²) >= 11 is 0. The molecule has 1 aliphatic rings. The second kappa shape index (κ2) is 7.27. The molecule has 156 valence electrons. The molecule has 1 aliphatic heterocycles. The van der Waals surface area contributed by atoms with Crippen molar-refractivity contribution in [1.82, 2.24) is 19.5 Å². The summed E-state index contributed by atoms with van der Waals surface area (Å²) < 4.78 is 36.6. The summed E-state index contributed by atoms with van der Waals surface area (Å²) in [5.41, 5.74) is 4.65. The van der Waals surface area contributed by atoms with Crippen molar-refractivity contribution in [1.29, 1.82) is 0 Å². The normalized spacial score (nSPS) is 27.9. The van der Waals surface area contributed by atoms with Gasteiger partial charge < -0.3 is 35.4 Å². The van der Waals surface area contributed by atoms with Crippen molar-refractivity contribution in [2.24, 2.45) is 0 Å². The molecule has 0 spiro atoms. The Morgan fingerprint density at radius 2 is 1.96 bits per heavy atom. The minimum absolute atomic E-state index is 0.0586. The molecule has 0 radical (unpaired) electrons. The number of rotatable bonds is 6. The number of phosphoric acid groups is 2. The third-order valence-corrected chi connectivity index (χ3v) is 5.83. The molecule has 1 saturated heterocycles.